The molecule has 0 saturated heterocycles. The molecule has 4 heteroatoms. The highest BCUT2D eigenvalue weighted by molar-refractivity contribution is 9.10. The standard InChI is InChI=1S/C21H14BrN3/c1-13-7-15(9-23)3-5-19(13)17-8-18(12-25-11-17)21-14(2)20(22)6-4-16(21)10-24/h3-8,11-12H,1-2H3. The fraction of sp³-hybridized carbons (Fsp3) is 0.0952. The summed E-state index contributed by atoms with van der Waals surface area (Å²) >= 11 is 3.54. The zero-order valence-corrected chi connectivity index (χ0v) is 15.4. The van der Waals surface area contributed by atoms with Crippen molar-refractivity contribution >= 4 is 15.9 Å². The number of benzene rings is 2. The molecule has 3 aromatic rings. The molecule has 3 rings (SSSR count). The number of aryl methyl sites for hydroxylation is 1. The van der Waals surface area contributed by atoms with E-state index in [1.807, 2.05) is 44.2 Å². The third-order valence-corrected chi connectivity index (χ3v) is 5.07. The van der Waals surface area contributed by atoms with E-state index < -0.39 is 0 Å². The lowest BCUT2D eigenvalue weighted by molar-refractivity contribution is 1.30. The fourth-order valence-corrected chi connectivity index (χ4v) is 3.26. The number of rotatable bonds is 2. The van der Waals surface area contributed by atoms with Crippen molar-refractivity contribution < 1.29 is 0 Å². The number of nitriles is 2. The van der Waals surface area contributed by atoms with Gasteiger partial charge in [-0.2, -0.15) is 10.5 Å². The average Bonchev–Trinajstić information content (AvgIpc) is 2.63. The van der Waals surface area contributed by atoms with Gasteiger partial charge in [0.2, 0.25) is 0 Å². The predicted octanol–water partition coefficient (Wildman–Crippen LogP) is 5.54. The van der Waals surface area contributed by atoms with Gasteiger partial charge in [-0.25, -0.2) is 0 Å². The monoisotopic (exact) mass is 387 g/mol. The molecule has 2 aromatic carbocycles. The fourth-order valence-electron chi connectivity index (χ4n) is 2.93. The van der Waals surface area contributed by atoms with Gasteiger partial charge in [0.15, 0.2) is 0 Å². The number of halogens is 1. The Bertz CT molecular complexity index is 1060. The highest BCUT2D eigenvalue weighted by Gasteiger charge is 2.13. The van der Waals surface area contributed by atoms with Crippen LogP contribution in [-0.4, -0.2) is 4.98 Å². The molecule has 0 amide bonds. The average molecular weight is 388 g/mol. The van der Waals surface area contributed by atoms with Crippen LogP contribution >= 0.6 is 15.9 Å². The minimum atomic E-state index is 0.621. The zero-order valence-electron chi connectivity index (χ0n) is 13.8. The van der Waals surface area contributed by atoms with E-state index in [9.17, 15) is 5.26 Å². The van der Waals surface area contributed by atoms with Gasteiger partial charge < -0.3 is 0 Å². The summed E-state index contributed by atoms with van der Waals surface area (Å²) in [6, 6.07) is 15.8. The van der Waals surface area contributed by atoms with E-state index >= 15 is 0 Å². The molecule has 0 fully saturated rings. The molecule has 0 radical (unpaired) electrons. The first-order valence-electron chi connectivity index (χ1n) is 7.71. The van der Waals surface area contributed by atoms with Crippen LogP contribution in [0.2, 0.25) is 0 Å². The van der Waals surface area contributed by atoms with Crippen molar-refractivity contribution in [1.29, 1.82) is 10.5 Å². The number of hydrogen-bond acceptors (Lipinski definition) is 3. The van der Waals surface area contributed by atoms with Crippen molar-refractivity contribution in [1.82, 2.24) is 4.98 Å². The van der Waals surface area contributed by atoms with Crippen molar-refractivity contribution in [3.63, 3.8) is 0 Å². The molecule has 120 valence electrons. The summed E-state index contributed by atoms with van der Waals surface area (Å²) in [6.07, 6.45) is 3.58. The second-order valence-corrected chi connectivity index (χ2v) is 6.66. The Morgan fingerprint density at radius 3 is 2.36 bits per heavy atom. The lowest BCUT2D eigenvalue weighted by Crippen LogP contribution is -1.93. The summed E-state index contributed by atoms with van der Waals surface area (Å²) in [6.45, 7) is 3.97. The maximum absolute atomic E-state index is 9.47. The van der Waals surface area contributed by atoms with Crippen molar-refractivity contribution in [2.24, 2.45) is 0 Å². The first kappa shape index (κ1) is 16.9. The maximum Gasteiger partial charge on any atom is 0.0998 e. The van der Waals surface area contributed by atoms with Crippen molar-refractivity contribution in [2.75, 3.05) is 0 Å². The number of hydrogen-bond donors (Lipinski definition) is 0. The highest BCUT2D eigenvalue weighted by Crippen LogP contribution is 2.34. The van der Waals surface area contributed by atoms with Crippen LogP contribution in [-0.2, 0) is 0 Å². The minimum Gasteiger partial charge on any atom is -0.263 e. The third-order valence-electron chi connectivity index (χ3n) is 4.21. The largest absolute Gasteiger partial charge is 0.263 e. The number of aromatic nitrogens is 1. The van der Waals surface area contributed by atoms with Crippen LogP contribution < -0.4 is 0 Å². The summed E-state index contributed by atoms with van der Waals surface area (Å²) in [7, 11) is 0. The minimum absolute atomic E-state index is 0.621. The molecule has 0 unspecified atom stereocenters. The van der Waals surface area contributed by atoms with Crippen LogP contribution in [0, 0.1) is 36.5 Å². The third kappa shape index (κ3) is 3.18. The van der Waals surface area contributed by atoms with E-state index in [4.69, 9.17) is 5.26 Å². The smallest absolute Gasteiger partial charge is 0.0998 e. The van der Waals surface area contributed by atoms with E-state index in [1.54, 1.807) is 18.5 Å². The molecule has 3 nitrogen and oxygen atoms in total. The summed E-state index contributed by atoms with van der Waals surface area (Å²) in [5.74, 6) is 0. The first-order valence-corrected chi connectivity index (χ1v) is 8.50. The normalized spacial score (nSPS) is 10.1. The Labute approximate surface area is 155 Å². The molecule has 1 aromatic heterocycles. The highest BCUT2D eigenvalue weighted by atomic mass is 79.9. The molecular weight excluding hydrogens is 374 g/mol. The predicted molar refractivity (Wildman–Crippen MR) is 102 cm³/mol. The van der Waals surface area contributed by atoms with Gasteiger partial charge in [0, 0.05) is 33.6 Å². The van der Waals surface area contributed by atoms with Gasteiger partial charge in [-0.15, -0.1) is 0 Å². The van der Waals surface area contributed by atoms with Gasteiger partial charge in [0.25, 0.3) is 0 Å². The topological polar surface area (TPSA) is 60.5 Å². The molecule has 0 saturated carbocycles. The van der Waals surface area contributed by atoms with Crippen LogP contribution in [0.4, 0.5) is 0 Å². The summed E-state index contributed by atoms with van der Waals surface area (Å²) in [4.78, 5) is 4.38. The molecule has 0 spiro atoms. The molecule has 0 atom stereocenters. The Hall–Kier alpha value is -2.95. The van der Waals surface area contributed by atoms with Crippen LogP contribution in [0.15, 0.2) is 53.3 Å². The van der Waals surface area contributed by atoms with Crippen LogP contribution in [0.3, 0.4) is 0 Å². The summed E-state index contributed by atoms with van der Waals surface area (Å²) < 4.78 is 0.960. The Balaban J connectivity index is 2.18. The summed E-state index contributed by atoms with van der Waals surface area (Å²) in [5.41, 5.74) is 7.06. The van der Waals surface area contributed by atoms with E-state index in [0.717, 1.165) is 37.9 Å². The van der Waals surface area contributed by atoms with Crippen molar-refractivity contribution in [3.8, 4) is 34.4 Å². The zero-order chi connectivity index (χ0) is 18.0. The van der Waals surface area contributed by atoms with Gasteiger partial charge in [-0.3, -0.25) is 4.98 Å². The molecule has 0 N–H and O–H groups in total. The second-order valence-electron chi connectivity index (χ2n) is 5.81. The van der Waals surface area contributed by atoms with Gasteiger partial charge in [0.05, 0.1) is 23.3 Å². The summed E-state index contributed by atoms with van der Waals surface area (Å²) in [5, 5.41) is 18.5. The van der Waals surface area contributed by atoms with Crippen LogP contribution in [0.25, 0.3) is 22.3 Å². The van der Waals surface area contributed by atoms with Gasteiger partial charge >= 0.3 is 0 Å². The van der Waals surface area contributed by atoms with Gasteiger partial charge in [0.1, 0.15) is 0 Å². The van der Waals surface area contributed by atoms with Crippen LogP contribution in [0.1, 0.15) is 22.3 Å². The molecular formula is C21H14BrN3. The SMILES string of the molecule is Cc1cc(C#N)ccc1-c1cncc(-c2c(C#N)ccc(Br)c2C)c1. The van der Waals surface area contributed by atoms with E-state index in [2.05, 4.69) is 33.1 Å². The molecule has 0 aliphatic heterocycles. The Kier molecular flexibility index (Phi) is 4.65. The molecule has 0 bridgehead atoms. The Morgan fingerprint density at radius 1 is 0.920 bits per heavy atom. The molecule has 0 aliphatic carbocycles. The Morgan fingerprint density at radius 2 is 1.68 bits per heavy atom. The van der Waals surface area contributed by atoms with Gasteiger partial charge in [-0.1, -0.05) is 22.0 Å². The molecule has 1 heterocycles. The van der Waals surface area contributed by atoms with Gasteiger partial charge in [-0.05, 0) is 60.9 Å². The van der Waals surface area contributed by atoms with E-state index in [0.29, 0.717) is 11.1 Å². The lowest BCUT2D eigenvalue weighted by atomic mass is 9.93. The first-order chi connectivity index (χ1) is 12.0. The van der Waals surface area contributed by atoms with Crippen molar-refractivity contribution in [2.45, 2.75) is 13.8 Å². The number of pyridine rings is 1. The van der Waals surface area contributed by atoms with Crippen molar-refractivity contribution in [3.05, 3.63) is 75.5 Å². The maximum atomic E-state index is 9.47. The quantitative estimate of drug-likeness (QED) is 0.579. The van der Waals surface area contributed by atoms with E-state index in [-0.39, 0.29) is 0 Å². The lowest BCUT2D eigenvalue weighted by Gasteiger charge is -2.12. The van der Waals surface area contributed by atoms with E-state index in [1.165, 1.54) is 0 Å². The van der Waals surface area contributed by atoms with Crippen LogP contribution in [0.5, 0.6) is 0 Å². The molecule has 0 aliphatic rings. The molecule has 25 heavy (non-hydrogen) atoms. The number of nitrogens with zero attached hydrogens (tertiary/aromatic N) is 3. The second kappa shape index (κ2) is 6.89.